The van der Waals surface area contributed by atoms with Gasteiger partial charge in [0.05, 0.1) is 34.2 Å². The molecule has 3 aromatic rings. The maximum Gasteiger partial charge on any atom is 0.234 e. The number of hydrogen-bond donors (Lipinski definition) is 0. The van der Waals surface area contributed by atoms with Crippen LogP contribution in [0.15, 0.2) is 30.3 Å². The minimum Gasteiger partial charge on any atom is -0.379 e. The number of nitrogens with zero attached hydrogens (tertiary/aromatic N) is 3. The minimum absolute atomic E-state index is 0.0715. The molecular formula is C21H24ClN3O2S2. The van der Waals surface area contributed by atoms with E-state index in [0.29, 0.717) is 17.3 Å². The first-order valence-electron chi connectivity index (χ1n) is 9.81. The zero-order valence-electron chi connectivity index (χ0n) is 16.4. The van der Waals surface area contributed by atoms with Gasteiger partial charge in [-0.2, -0.15) is 0 Å². The van der Waals surface area contributed by atoms with Crippen molar-refractivity contribution in [2.24, 2.45) is 0 Å². The molecule has 4 rings (SSSR count). The van der Waals surface area contributed by atoms with Gasteiger partial charge in [0.2, 0.25) is 5.91 Å². The number of para-hydroxylation sites is 1. The summed E-state index contributed by atoms with van der Waals surface area (Å²) < 4.78 is 7.25. The van der Waals surface area contributed by atoms with E-state index in [2.05, 4.69) is 24.0 Å². The predicted octanol–water partition coefficient (Wildman–Crippen LogP) is 4.62. The molecule has 1 aliphatic heterocycles. The van der Waals surface area contributed by atoms with Gasteiger partial charge in [-0.15, -0.1) is 11.3 Å². The van der Waals surface area contributed by atoms with E-state index in [1.54, 1.807) is 11.3 Å². The van der Waals surface area contributed by atoms with Gasteiger partial charge in [0, 0.05) is 31.1 Å². The number of fused-ring (bicyclic) bond motifs is 1. The topological polar surface area (TPSA) is 45.7 Å². The number of amides is 1. The summed E-state index contributed by atoms with van der Waals surface area (Å²) in [4.78, 5) is 23.2. The van der Waals surface area contributed by atoms with Crippen molar-refractivity contribution >= 4 is 55.5 Å². The van der Waals surface area contributed by atoms with Crippen LogP contribution in [0.3, 0.4) is 0 Å². The van der Waals surface area contributed by atoms with Gasteiger partial charge >= 0.3 is 0 Å². The Morgan fingerprint density at radius 3 is 2.79 bits per heavy atom. The van der Waals surface area contributed by atoms with E-state index in [9.17, 15) is 4.79 Å². The van der Waals surface area contributed by atoms with Crippen LogP contribution in [-0.4, -0.2) is 55.2 Å². The van der Waals surface area contributed by atoms with Crippen LogP contribution in [0.5, 0.6) is 0 Å². The molecule has 0 bridgehead atoms. The highest BCUT2D eigenvalue weighted by Gasteiger charge is 2.21. The lowest BCUT2D eigenvalue weighted by atomic mass is 10.2. The molecule has 0 aliphatic carbocycles. The summed E-state index contributed by atoms with van der Waals surface area (Å²) in [7, 11) is 0. The van der Waals surface area contributed by atoms with Crippen LogP contribution < -0.4 is 4.90 Å². The molecule has 8 heteroatoms. The average Bonchev–Trinajstić information content (AvgIpc) is 3.33. The lowest BCUT2D eigenvalue weighted by Crippen LogP contribution is -2.39. The van der Waals surface area contributed by atoms with E-state index in [4.69, 9.17) is 21.3 Å². The third-order valence-electron chi connectivity index (χ3n) is 5.06. The van der Waals surface area contributed by atoms with E-state index in [0.717, 1.165) is 65.1 Å². The third kappa shape index (κ3) is 5.16. The molecule has 0 atom stereocenters. The monoisotopic (exact) mass is 449 g/mol. The lowest BCUT2D eigenvalue weighted by Gasteiger charge is -2.27. The van der Waals surface area contributed by atoms with Crippen molar-refractivity contribution in [3.8, 4) is 0 Å². The zero-order valence-corrected chi connectivity index (χ0v) is 18.8. The summed E-state index contributed by atoms with van der Waals surface area (Å²) in [6.45, 7) is 7.18. The van der Waals surface area contributed by atoms with Crippen LogP contribution in [-0.2, 0) is 16.0 Å². The Hall–Kier alpha value is -1.51. The van der Waals surface area contributed by atoms with Crippen molar-refractivity contribution in [1.82, 2.24) is 9.88 Å². The minimum atomic E-state index is 0.0715. The highest BCUT2D eigenvalue weighted by atomic mass is 35.5. The second-order valence-corrected chi connectivity index (χ2v) is 9.96. The van der Waals surface area contributed by atoms with Gasteiger partial charge < -0.3 is 4.74 Å². The summed E-state index contributed by atoms with van der Waals surface area (Å²) in [6, 6.07) is 9.94. The van der Waals surface area contributed by atoms with Gasteiger partial charge in [0.15, 0.2) is 5.13 Å². The molecule has 0 unspecified atom stereocenters. The molecule has 29 heavy (non-hydrogen) atoms. The third-order valence-corrected chi connectivity index (χ3v) is 7.33. The van der Waals surface area contributed by atoms with Gasteiger partial charge in [-0.25, -0.2) is 4.98 Å². The highest BCUT2D eigenvalue weighted by molar-refractivity contribution is 7.22. The number of anilines is 1. The predicted molar refractivity (Wildman–Crippen MR) is 122 cm³/mol. The summed E-state index contributed by atoms with van der Waals surface area (Å²) in [5, 5.41) is 0.781. The number of carbonyl (C=O) groups is 1. The first-order valence-corrected chi connectivity index (χ1v) is 11.8. The number of thiazole rings is 1. The van der Waals surface area contributed by atoms with Crippen LogP contribution >= 0.6 is 34.3 Å². The first kappa shape index (κ1) is 20.8. The van der Waals surface area contributed by atoms with Gasteiger partial charge in [-0.1, -0.05) is 35.1 Å². The number of carbonyl (C=O) groups excluding carboxylic acids is 1. The largest absolute Gasteiger partial charge is 0.379 e. The second-order valence-electron chi connectivity index (χ2n) is 7.15. The second kappa shape index (κ2) is 9.53. The van der Waals surface area contributed by atoms with E-state index in [-0.39, 0.29) is 5.91 Å². The summed E-state index contributed by atoms with van der Waals surface area (Å²) in [5.74, 6) is 0.0715. The molecular weight excluding hydrogens is 426 g/mol. The molecule has 1 amide bonds. The average molecular weight is 450 g/mol. The fourth-order valence-corrected chi connectivity index (χ4v) is 5.65. The Kier molecular flexibility index (Phi) is 6.82. The van der Waals surface area contributed by atoms with Crippen molar-refractivity contribution in [3.05, 3.63) is 45.1 Å². The number of halogens is 1. The number of aryl methyl sites for hydroxylation is 1. The molecule has 1 aromatic carbocycles. The summed E-state index contributed by atoms with van der Waals surface area (Å²) >= 11 is 9.10. The number of rotatable bonds is 7. The quantitative estimate of drug-likeness (QED) is 0.528. The maximum absolute atomic E-state index is 13.2. The number of hydrogen-bond acceptors (Lipinski definition) is 6. The van der Waals surface area contributed by atoms with Crippen LogP contribution in [0.25, 0.3) is 10.2 Å². The standard InChI is InChI=1S/C21H24ClN3O2S2/c1-15-4-2-5-17-20(15)23-21(29-17)25(9-3-8-24-10-12-27-13-11-24)19(26)14-16-6-7-18(22)28-16/h2,4-7H,3,8-14H2,1H3. The van der Waals surface area contributed by atoms with Crippen molar-refractivity contribution in [3.63, 3.8) is 0 Å². The van der Waals surface area contributed by atoms with Gasteiger partial charge in [-0.3, -0.25) is 14.6 Å². The van der Waals surface area contributed by atoms with Crippen LogP contribution in [0.1, 0.15) is 16.9 Å². The van der Waals surface area contributed by atoms with E-state index < -0.39 is 0 Å². The maximum atomic E-state index is 13.2. The Labute approximate surface area is 183 Å². The van der Waals surface area contributed by atoms with Gasteiger partial charge in [0.25, 0.3) is 0 Å². The fraction of sp³-hybridized carbons (Fsp3) is 0.429. The molecule has 1 aliphatic rings. The van der Waals surface area contributed by atoms with Crippen LogP contribution in [0.4, 0.5) is 5.13 Å². The number of benzene rings is 1. The van der Waals surface area contributed by atoms with Crippen molar-refractivity contribution < 1.29 is 9.53 Å². The molecule has 0 N–H and O–H groups in total. The number of ether oxygens (including phenoxy) is 1. The molecule has 2 aromatic heterocycles. The van der Waals surface area contributed by atoms with Crippen molar-refractivity contribution in [1.29, 1.82) is 0 Å². The molecule has 1 saturated heterocycles. The van der Waals surface area contributed by atoms with Crippen molar-refractivity contribution in [2.45, 2.75) is 19.8 Å². The van der Waals surface area contributed by atoms with E-state index in [1.165, 1.54) is 11.3 Å². The molecule has 0 radical (unpaired) electrons. The number of thiophene rings is 1. The molecule has 5 nitrogen and oxygen atoms in total. The molecule has 1 fully saturated rings. The molecule has 0 saturated carbocycles. The van der Waals surface area contributed by atoms with Gasteiger partial charge in [-0.05, 0) is 37.1 Å². The summed E-state index contributed by atoms with van der Waals surface area (Å²) in [5.41, 5.74) is 2.12. The van der Waals surface area contributed by atoms with E-state index in [1.807, 2.05) is 23.1 Å². The van der Waals surface area contributed by atoms with Crippen LogP contribution in [0.2, 0.25) is 4.34 Å². The number of aromatic nitrogens is 1. The smallest absolute Gasteiger partial charge is 0.234 e. The van der Waals surface area contributed by atoms with Crippen molar-refractivity contribution in [2.75, 3.05) is 44.3 Å². The highest BCUT2D eigenvalue weighted by Crippen LogP contribution is 2.31. The normalized spacial score (nSPS) is 15.1. The first-order chi connectivity index (χ1) is 14.1. The fourth-order valence-electron chi connectivity index (χ4n) is 3.49. The Balaban J connectivity index is 1.51. The summed E-state index contributed by atoms with van der Waals surface area (Å²) in [6.07, 6.45) is 1.26. The Morgan fingerprint density at radius 1 is 1.24 bits per heavy atom. The SMILES string of the molecule is Cc1cccc2sc(N(CCCN3CCOCC3)C(=O)Cc3ccc(Cl)s3)nc12. The van der Waals surface area contributed by atoms with E-state index >= 15 is 0 Å². The number of morpholine rings is 1. The zero-order chi connectivity index (χ0) is 20.2. The van der Waals surface area contributed by atoms with Crippen LogP contribution in [0, 0.1) is 6.92 Å². The molecule has 3 heterocycles. The Morgan fingerprint density at radius 2 is 2.07 bits per heavy atom. The lowest BCUT2D eigenvalue weighted by molar-refractivity contribution is -0.118. The van der Waals surface area contributed by atoms with Gasteiger partial charge in [0.1, 0.15) is 0 Å². The Bertz CT molecular complexity index is 981. The molecule has 154 valence electrons. The molecule has 0 spiro atoms.